The van der Waals surface area contributed by atoms with Crippen molar-refractivity contribution in [1.29, 1.82) is 0 Å². The number of methoxy groups -OCH3 is 1. The van der Waals surface area contributed by atoms with Crippen LogP contribution in [0, 0.1) is 0 Å². The molecule has 0 amide bonds. The number of carboxylic acids is 1. The lowest BCUT2D eigenvalue weighted by Gasteiger charge is -2.13. The molecule has 2 rings (SSSR count). The summed E-state index contributed by atoms with van der Waals surface area (Å²) in [7, 11) is 1.57. The van der Waals surface area contributed by atoms with Crippen molar-refractivity contribution in [3.05, 3.63) is 24.3 Å². The molecule has 0 radical (unpaired) electrons. The second-order valence-electron chi connectivity index (χ2n) is 4.31. The molecule has 0 aliphatic heterocycles. The number of ether oxygens (including phenoxy) is 1. The molecule has 21 heavy (non-hydrogen) atoms. The van der Waals surface area contributed by atoms with Gasteiger partial charge < -0.3 is 9.84 Å². The maximum absolute atomic E-state index is 11.5. The monoisotopic (exact) mass is 308 g/mol. The average molecular weight is 308 g/mol. The number of hydrogen-bond acceptors (Lipinski definition) is 6. The van der Waals surface area contributed by atoms with Gasteiger partial charge >= 0.3 is 5.97 Å². The summed E-state index contributed by atoms with van der Waals surface area (Å²) in [5.74, 6) is 0.856. The van der Waals surface area contributed by atoms with Crippen molar-refractivity contribution in [3.63, 3.8) is 0 Å². The van der Waals surface area contributed by atoms with Gasteiger partial charge in [0.1, 0.15) is 5.75 Å². The predicted octanol–water partition coefficient (Wildman–Crippen LogP) is 1.73. The fourth-order valence-electron chi connectivity index (χ4n) is 1.94. The van der Waals surface area contributed by atoms with Gasteiger partial charge in [-0.05, 0) is 41.0 Å². The molecule has 1 aromatic heterocycles. The maximum Gasteiger partial charge on any atom is 0.328 e. The molecule has 1 heterocycles. The molecule has 0 fully saturated rings. The summed E-state index contributed by atoms with van der Waals surface area (Å²) in [5.41, 5.74) is 0.717. The smallest absolute Gasteiger partial charge is 0.328 e. The minimum absolute atomic E-state index is 0.419. The van der Waals surface area contributed by atoms with E-state index in [0.717, 1.165) is 5.56 Å². The van der Waals surface area contributed by atoms with Gasteiger partial charge in [-0.3, -0.25) is 0 Å². The van der Waals surface area contributed by atoms with Crippen molar-refractivity contribution in [2.75, 3.05) is 19.1 Å². The van der Waals surface area contributed by atoms with Gasteiger partial charge in [-0.15, -0.1) is 5.10 Å². The number of rotatable bonds is 7. The van der Waals surface area contributed by atoms with Gasteiger partial charge in [-0.2, -0.15) is 11.8 Å². The van der Waals surface area contributed by atoms with E-state index in [1.807, 2.05) is 18.4 Å². The highest BCUT2D eigenvalue weighted by Crippen LogP contribution is 2.25. The van der Waals surface area contributed by atoms with Gasteiger partial charge in [0.15, 0.2) is 11.9 Å². The van der Waals surface area contributed by atoms with Crippen LogP contribution >= 0.6 is 11.8 Å². The largest absolute Gasteiger partial charge is 0.497 e. The molecule has 112 valence electrons. The zero-order valence-corrected chi connectivity index (χ0v) is 12.6. The Labute approximate surface area is 126 Å². The quantitative estimate of drug-likeness (QED) is 0.833. The molecule has 0 saturated heterocycles. The van der Waals surface area contributed by atoms with Crippen LogP contribution in [0.5, 0.6) is 5.75 Å². The normalized spacial score (nSPS) is 12.1. The molecule has 0 saturated carbocycles. The summed E-state index contributed by atoms with van der Waals surface area (Å²) < 4.78 is 6.52. The molecule has 0 aliphatic rings. The molecule has 0 spiro atoms. The Morgan fingerprint density at radius 2 is 2.33 bits per heavy atom. The van der Waals surface area contributed by atoms with Crippen LogP contribution in [0.25, 0.3) is 11.4 Å². The summed E-state index contributed by atoms with van der Waals surface area (Å²) in [6, 6.07) is 6.42. The van der Waals surface area contributed by atoms with Crippen LogP contribution in [0.3, 0.4) is 0 Å². The summed E-state index contributed by atoms with van der Waals surface area (Å²) in [5, 5.41) is 20.8. The first kappa shape index (κ1) is 15.3. The molecular formula is C13H16N4O3S. The van der Waals surface area contributed by atoms with E-state index in [1.165, 1.54) is 4.68 Å². The molecule has 1 atom stereocenters. The van der Waals surface area contributed by atoms with E-state index >= 15 is 0 Å². The lowest BCUT2D eigenvalue weighted by Crippen LogP contribution is -2.22. The van der Waals surface area contributed by atoms with Crippen LogP contribution in [-0.2, 0) is 4.79 Å². The Hall–Kier alpha value is -2.09. The minimum Gasteiger partial charge on any atom is -0.497 e. The van der Waals surface area contributed by atoms with Crippen molar-refractivity contribution < 1.29 is 14.6 Å². The molecule has 8 heteroatoms. The molecule has 0 aliphatic carbocycles. The summed E-state index contributed by atoms with van der Waals surface area (Å²) in [6.45, 7) is 0. The number of aliphatic carboxylic acids is 1. The SMILES string of the molecule is COc1cccc(-c2nnnn2C(CCSC)C(=O)O)c1. The first-order chi connectivity index (χ1) is 10.2. The maximum atomic E-state index is 11.5. The fraction of sp³-hybridized carbons (Fsp3) is 0.385. The first-order valence-corrected chi connectivity index (χ1v) is 7.70. The van der Waals surface area contributed by atoms with Gasteiger partial charge in [0, 0.05) is 5.56 Å². The number of carbonyl (C=O) groups is 1. The van der Waals surface area contributed by atoms with Gasteiger partial charge in [-0.25, -0.2) is 9.48 Å². The van der Waals surface area contributed by atoms with Crippen LogP contribution < -0.4 is 4.74 Å². The Balaban J connectivity index is 2.38. The molecule has 7 nitrogen and oxygen atoms in total. The average Bonchev–Trinajstić information content (AvgIpc) is 2.96. The van der Waals surface area contributed by atoms with E-state index in [2.05, 4.69) is 15.5 Å². The Bertz CT molecular complexity index is 617. The number of thioether (sulfide) groups is 1. The second-order valence-corrected chi connectivity index (χ2v) is 5.30. The Kier molecular flexibility index (Phi) is 5.15. The van der Waals surface area contributed by atoms with Crippen LogP contribution in [0.15, 0.2) is 24.3 Å². The van der Waals surface area contributed by atoms with E-state index in [0.29, 0.717) is 23.7 Å². The third-order valence-corrected chi connectivity index (χ3v) is 3.64. The van der Waals surface area contributed by atoms with E-state index in [4.69, 9.17) is 4.74 Å². The fourth-order valence-corrected chi connectivity index (χ4v) is 2.39. The van der Waals surface area contributed by atoms with Gasteiger partial charge in [0.2, 0.25) is 0 Å². The van der Waals surface area contributed by atoms with Crippen LogP contribution in [0.1, 0.15) is 12.5 Å². The van der Waals surface area contributed by atoms with Crippen molar-refractivity contribution in [3.8, 4) is 17.1 Å². The van der Waals surface area contributed by atoms with E-state index in [-0.39, 0.29) is 0 Å². The highest BCUT2D eigenvalue weighted by atomic mass is 32.2. The number of hydrogen-bond donors (Lipinski definition) is 1. The topological polar surface area (TPSA) is 90.1 Å². The lowest BCUT2D eigenvalue weighted by atomic mass is 10.1. The van der Waals surface area contributed by atoms with Crippen LogP contribution in [0.4, 0.5) is 0 Å². The molecule has 2 aromatic rings. The first-order valence-electron chi connectivity index (χ1n) is 6.31. The summed E-state index contributed by atoms with van der Waals surface area (Å²) in [6.07, 6.45) is 2.39. The minimum atomic E-state index is -0.944. The lowest BCUT2D eigenvalue weighted by molar-refractivity contribution is -0.141. The summed E-state index contributed by atoms with van der Waals surface area (Å²) in [4.78, 5) is 11.5. The zero-order chi connectivity index (χ0) is 15.2. The Morgan fingerprint density at radius 3 is 3.00 bits per heavy atom. The second kappa shape index (κ2) is 7.07. The molecule has 0 bridgehead atoms. The number of tetrazole rings is 1. The standard InChI is InChI=1S/C13H16N4O3S/c1-20-10-5-3-4-9(8-10)12-14-15-16-17(12)11(13(18)19)6-7-21-2/h3-5,8,11H,6-7H2,1-2H3,(H,18,19). The van der Waals surface area contributed by atoms with E-state index in [1.54, 1.807) is 31.0 Å². The predicted molar refractivity (Wildman–Crippen MR) is 79.5 cm³/mol. The molecule has 1 N–H and O–H groups in total. The highest BCUT2D eigenvalue weighted by molar-refractivity contribution is 7.98. The van der Waals surface area contributed by atoms with Crippen molar-refractivity contribution in [2.24, 2.45) is 0 Å². The molecular weight excluding hydrogens is 292 g/mol. The number of benzene rings is 1. The number of carboxylic acid groups (broad SMARTS) is 1. The van der Waals surface area contributed by atoms with Crippen molar-refractivity contribution in [2.45, 2.75) is 12.5 Å². The van der Waals surface area contributed by atoms with E-state index in [9.17, 15) is 9.90 Å². The third-order valence-electron chi connectivity index (χ3n) is 3.00. The summed E-state index contributed by atoms with van der Waals surface area (Å²) >= 11 is 1.59. The van der Waals surface area contributed by atoms with Gasteiger partial charge in [-0.1, -0.05) is 12.1 Å². The van der Waals surface area contributed by atoms with Gasteiger partial charge in [0.25, 0.3) is 0 Å². The molecule has 1 unspecified atom stereocenters. The van der Waals surface area contributed by atoms with Crippen LogP contribution in [-0.4, -0.2) is 50.4 Å². The molecule has 1 aromatic carbocycles. The van der Waals surface area contributed by atoms with Crippen molar-refractivity contribution >= 4 is 17.7 Å². The van der Waals surface area contributed by atoms with E-state index < -0.39 is 12.0 Å². The highest BCUT2D eigenvalue weighted by Gasteiger charge is 2.24. The Morgan fingerprint density at radius 1 is 1.52 bits per heavy atom. The van der Waals surface area contributed by atoms with Crippen molar-refractivity contribution in [1.82, 2.24) is 20.2 Å². The van der Waals surface area contributed by atoms with Crippen LogP contribution in [0.2, 0.25) is 0 Å². The third kappa shape index (κ3) is 3.52. The number of nitrogens with zero attached hydrogens (tertiary/aromatic N) is 4. The van der Waals surface area contributed by atoms with Gasteiger partial charge in [0.05, 0.1) is 7.11 Å². The zero-order valence-electron chi connectivity index (χ0n) is 11.8. The number of aromatic nitrogens is 4.